The first-order chi connectivity index (χ1) is 8.17. The van der Waals surface area contributed by atoms with Crippen molar-refractivity contribution in [3.8, 4) is 5.75 Å². The van der Waals surface area contributed by atoms with E-state index in [1.165, 1.54) is 7.11 Å². The Balaban J connectivity index is 2.50. The van der Waals surface area contributed by atoms with Crippen LogP contribution in [0.4, 0.5) is 0 Å². The largest absolute Gasteiger partial charge is 0.490 e. The van der Waals surface area contributed by atoms with Gasteiger partial charge in [-0.2, -0.15) is 0 Å². The fourth-order valence-electron chi connectivity index (χ4n) is 1.15. The Morgan fingerprint density at radius 3 is 2.47 bits per heavy atom. The zero-order chi connectivity index (χ0) is 12.7. The standard InChI is InChI=1S/C13H14O4/c1-10(13(15)16-2)7-8-17-12-5-3-11(9-14)4-6-12/h3-7,9H,8H2,1-2H3. The molecule has 0 N–H and O–H groups in total. The predicted octanol–water partition coefficient (Wildman–Crippen LogP) is 2.00. The monoisotopic (exact) mass is 234 g/mol. The molecule has 0 aromatic heterocycles. The molecule has 1 aromatic rings. The third-order valence-corrected chi connectivity index (χ3v) is 2.16. The number of hydrogen-bond donors (Lipinski definition) is 0. The summed E-state index contributed by atoms with van der Waals surface area (Å²) in [5.41, 5.74) is 1.09. The van der Waals surface area contributed by atoms with Gasteiger partial charge in [0.1, 0.15) is 18.6 Å². The summed E-state index contributed by atoms with van der Waals surface area (Å²) in [4.78, 5) is 21.5. The van der Waals surface area contributed by atoms with E-state index >= 15 is 0 Å². The topological polar surface area (TPSA) is 52.6 Å². The molecule has 0 aliphatic rings. The Bertz CT molecular complexity index is 418. The van der Waals surface area contributed by atoms with Crippen LogP contribution >= 0.6 is 0 Å². The number of hydrogen-bond acceptors (Lipinski definition) is 4. The number of carbonyl (C=O) groups excluding carboxylic acids is 2. The van der Waals surface area contributed by atoms with E-state index < -0.39 is 0 Å². The number of methoxy groups -OCH3 is 1. The van der Waals surface area contributed by atoms with Crippen molar-refractivity contribution in [2.45, 2.75) is 6.92 Å². The number of benzene rings is 1. The molecule has 0 radical (unpaired) electrons. The van der Waals surface area contributed by atoms with Gasteiger partial charge >= 0.3 is 5.97 Å². The first kappa shape index (κ1) is 13.0. The molecule has 4 nitrogen and oxygen atoms in total. The molecule has 0 saturated carbocycles. The summed E-state index contributed by atoms with van der Waals surface area (Å²) >= 11 is 0. The molecule has 1 aromatic carbocycles. The van der Waals surface area contributed by atoms with Gasteiger partial charge in [-0.1, -0.05) is 0 Å². The van der Waals surface area contributed by atoms with E-state index in [1.807, 2.05) is 0 Å². The second-order valence-corrected chi connectivity index (χ2v) is 3.38. The van der Waals surface area contributed by atoms with Gasteiger partial charge in [-0.15, -0.1) is 0 Å². The molecule has 0 fully saturated rings. The van der Waals surface area contributed by atoms with Crippen LogP contribution in [0, 0.1) is 0 Å². The van der Waals surface area contributed by atoms with Gasteiger partial charge in [-0.3, -0.25) is 4.79 Å². The molecule has 0 amide bonds. The van der Waals surface area contributed by atoms with Crippen molar-refractivity contribution in [2.75, 3.05) is 13.7 Å². The molecular weight excluding hydrogens is 220 g/mol. The lowest BCUT2D eigenvalue weighted by molar-refractivity contribution is -0.136. The maximum absolute atomic E-state index is 11.1. The summed E-state index contributed by atoms with van der Waals surface area (Å²) in [6.07, 6.45) is 2.41. The third kappa shape index (κ3) is 4.10. The van der Waals surface area contributed by atoms with Gasteiger partial charge in [-0.25, -0.2) is 4.79 Å². The van der Waals surface area contributed by atoms with Crippen molar-refractivity contribution >= 4 is 12.3 Å². The van der Waals surface area contributed by atoms with Crippen LogP contribution in [0.3, 0.4) is 0 Å². The molecule has 0 unspecified atom stereocenters. The van der Waals surface area contributed by atoms with Crippen LogP contribution in [0.5, 0.6) is 5.75 Å². The molecule has 0 saturated heterocycles. The first-order valence-corrected chi connectivity index (χ1v) is 5.10. The Kier molecular flexibility index (Phi) is 4.94. The zero-order valence-corrected chi connectivity index (χ0v) is 9.80. The highest BCUT2D eigenvalue weighted by molar-refractivity contribution is 5.87. The number of esters is 1. The fourth-order valence-corrected chi connectivity index (χ4v) is 1.15. The molecule has 0 aliphatic carbocycles. The second-order valence-electron chi connectivity index (χ2n) is 3.38. The average molecular weight is 234 g/mol. The minimum atomic E-state index is -0.370. The lowest BCUT2D eigenvalue weighted by Gasteiger charge is -2.04. The first-order valence-electron chi connectivity index (χ1n) is 5.10. The summed E-state index contributed by atoms with van der Waals surface area (Å²) in [5, 5.41) is 0. The molecule has 0 spiro atoms. The molecule has 0 aliphatic heterocycles. The Morgan fingerprint density at radius 1 is 1.29 bits per heavy atom. The number of rotatable bonds is 5. The van der Waals surface area contributed by atoms with E-state index in [9.17, 15) is 9.59 Å². The van der Waals surface area contributed by atoms with E-state index in [0.29, 0.717) is 16.9 Å². The van der Waals surface area contributed by atoms with Gasteiger partial charge in [0.05, 0.1) is 7.11 Å². The Labute approximate surface area is 99.8 Å². The highest BCUT2D eigenvalue weighted by Gasteiger charge is 2.01. The predicted molar refractivity (Wildman–Crippen MR) is 63.1 cm³/mol. The van der Waals surface area contributed by atoms with Gasteiger partial charge in [-0.05, 0) is 37.3 Å². The molecule has 0 heterocycles. The van der Waals surface area contributed by atoms with E-state index in [0.717, 1.165) is 6.29 Å². The van der Waals surface area contributed by atoms with Crippen LogP contribution in [-0.2, 0) is 9.53 Å². The van der Waals surface area contributed by atoms with E-state index in [-0.39, 0.29) is 12.6 Å². The van der Waals surface area contributed by atoms with Crippen molar-refractivity contribution in [1.82, 2.24) is 0 Å². The lowest BCUT2D eigenvalue weighted by Crippen LogP contribution is -2.04. The Morgan fingerprint density at radius 2 is 1.94 bits per heavy atom. The minimum absolute atomic E-state index is 0.279. The van der Waals surface area contributed by atoms with E-state index in [4.69, 9.17) is 4.74 Å². The van der Waals surface area contributed by atoms with Crippen LogP contribution in [0.15, 0.2) is 35.9 Å². The van der Waals surface area contributed by atoms with E-state index in [1.54, 1.807) is 37.3 Å². The van der Waals surface area contributed by atoms with Crippen LogP contribution < -0.4 is 4.74 Å². The smallest absolute Gasteiger partial charge is 0.333 e. The van der Waals surface area contributed by atoms with Gasteiger partial charge in [0.25, 0.3) is 0 Å². The maximum Gasteiger partial charge on any atom is 0.333 e. The van der Waals surface area contributed by atoms with Gasteiger partial charge in [0.15, 0.2) is 0 Å². The summed E-state index contributed by atoms with van der Waals surface area (Å²) < 4.78 is 9.91. The lowest BCUT2D eigenvalue weighted by atomic mass is 10.2. The Hall–Kier alpha value is -2.10. The molecule has 17 heavy (non-hydrogen) atoms. The molecule has 0 atom stereocenters. The van der Waals surface area contributed by atoms with Gasteiger partial charge in [0, 0.05) is 11.1 Å². The number of ether oxygens (including phenoxy) is 2. The number of carbonyl (C=O) groups is 2. The van der Waals surface area contributed by atoms with E-state index in [2.05, 4.69) is 4.74 Å². The van der Waals surface area contributed by atoms with Crippen LogP contribution in [0.25, 0.3) is 0 Å². The quantitative estimate of drug-likeness (QED) is 0.444. The highest BCUT2D eigenvalue weighted by Crippen LogP contribution is 2.11. The normalized spacial score (nSPS) is 10.8. The second kappa shape index (κ2) is 6.48. The van der Waals surface area contributed by atoms with Gasteiger partial charge < -0.3 is 9.47 Å². The SMILES string of the molecule is COC(=O)C(C)=CCOc1ccc(C=O)cc1. The van der Waals surface area contributed by atoms with Crippen LogP contribution in [0.1, 0.15) is 17.3 Å². The van der Waals surface area contributed by atoms with Crippen molar-refractivity contribution in [3.05, 3.63) is 41.5 Å². The summed E-state index contributed by atoms with van der Waals surface area (Å²) in [6, 6.07) is 6.73. The van der Waals surface area contributed by atoms with Gasteiger partial charge in [0.2, 0.25) is 0 Å². The zero-order valence-electron chi connectivity index (χ0n) is 9.80. The minimum Gasteiger partial charge on any atom is -0.490 e. The fraction of sp³-hybridized carbons (Fsp3) is 0.231. The molecule has 0 bridgehead atoms. The molecule has 4 heteroatoms. The van der Waals surface area contributed by atoms with Crippen LogP contribution in [-0.4, -0.2) is 26.0 Å². The summed E-state index contributed by atoms with van der Waals surface area (Å²) in [5.74, 6) is 0.273. The highest BCUT2D eigenvalue weighted by atomic mass is 16.5. The molecule has 1 rings (SSSR count). The molecular formula is C13H14O4. The summed E-state index contributed by atoms with van der Waals surface area (Å²) in [6.45, 7) is 1.94. The molecule has 90 valence electrons. The maximum atomic E-state index is 11.1. The van der Waals surface area contributed by atoms with Crippen molar-refractivity contribution < 1.29 is 19.1 Å². The van der Waals surface area contributed by atoms with Crippen LogP contribution in [0.2, 0.25) is 0 Å². The van der Waals surface area contributed by atoms with Crippen molar-refractivity contribution in [2.24, 2.45) is 0 Å². The number of aldehydes is 1. The average Bonchev–Trinajstić information content (AvgIpc) is 2.38. The van der Waals surface area contributed by atoms with Crippen molar-refractivity contribution in [1.29, 1.82) is 0 Å². The third-order valence-electron chi connectivity index (χ3n) is 2.16. The van der Waals surface area contributed by atoms with Crippen molar-refractivity contribution in [3.63, 3.8) is 0 Å². The summed E-state index contributed by atoms with van der Waals surface area (Å²) in [7, 11) is 1.33.